The molecule has 2 N–H and O–H groups in total. The summed E-state index contributed by atoms with van der Waals surface area (Å²) in [6.07, 6.45) is 4.28. The zero-order valence-electron chi connectivity index (χ0n) is 15.4. The predicted octanol–water partition coefficient (Wildman–Crippen LogP) is 3.15. The van der Waals surface area contributed by atoms with Gasteiger partial charge < -0.3 is 15.5 Å². The van der Waals surface area contributed by atoms with Crippen LogP contribution in [0.2, 0.25) is 0 Å². The first-order valence-electron chi connectivity index (χ1n) is 9.26. The standard InChI is InChI=1S/C20H18ClF2N5O/c21-6-18(29)28(17-9-26-15-4-5-25-8-16(15)27-17)10-14-13(7-24)11-2-1-3-12(11)19(22)20(14)23/h4-5,8,17,26-27H,1-3,6,9-10H2. The summed E-state index contributed by atoms with van der Waals surface area (Å²) < 4.78 is 29.5. The lowest BCUT2D eigenvalue weighted by Gasteiger charge is -2.37. The Balaban J connectivity index is 1.72. The average Bonchev–Trinajstić information content (AvgIpc) is 3.24. The molecule has 0 bridgehead atoms. The smallest absolute Gasteiger partial charge is 0.239 e. The SMILES string of the molecule is N#Cc1c(CN(C(=O)CCl)C2CNc3ccncc3N2)c(F)c(F)c2c1CCC2. The maximum Gasteiger partial charge on any atom is 0.239 e. The third-order valence-corrected chi connectivity index (χ3v) is 5.65. The largest absolute Gasteiger partial charge is 0.379 e. The normalized spacial score (nSPS) is 16.8. The molecule has 29 heavy (non-hydrogen) atoms. The molecule has 0 saturated carbocycles. The van der Waals surface area contributed by atoms with Crippen LogP contribution in [-0.4, -0.2) is 34.4 Å². The Morgan fingerprint density at radius 2 is 2.10 bits per heavy atom. The Labute approximate surface area is 171 Å². The van der Waals surface area contributed by atoms with E-state index in [1.165, 1.54) is 4.90 Å². The van der Waals surface area contributed by atoms with Crippen molar-refractivity contribution >= 4 is 28.9 Å². The quantitative estimate of drug-likeness (QED) is 0.747. The van der Waals surface area contributed by atoms with E-state index in [1.54, 1.807) is 18.5 Å². The topological polar surface area (TPSA) is 81.1 Å². The van der Waals surface area contributed by atoms with Crippen molar-refractivity contribution in [3.05, 3.63) is 52.3 Å². The van der Waals surface area contributed by atoms with Crippen LogP contribution in [0.15, 0.2) is 18.5 Å². The van der Waals surface area contributed by atoms with Crippen LogP contribution in [0.3, 0.4) is 0 Å². The lowest BCUT2D eigenvalue weighted by Crippen LogP contribution is -2.50. The third-order valence-electron chi connectivity index (χ3n) is 5.42. The third kappa shape index (κ3) is 3.36. The van der Waals surface area contributed by atoms with Crippen molar-refractivity contribution in [2.75, 3.05) is 23.1 Å². The van der Waals surface area contributed by atoms with Crippen molar-refractivity contribution in [2.45, 2.75) is 32.0 Å². The van der Waals surface area contributed by atoms with Gasteiger partial charge in [-0.25, -0.2) is 8.78 Å². The number of anilines is 2. The molecule has 1 atom stereocenters. The van der Waals surface area contributed by atoms with E-state index < -0.39 is 23.7 Å². The van der Waals surface area contributed by atoms with Gasteiger partial charge >= 0.3 is 0 Å². The molecule has 0 radical (unpaired) electrons. The Kier molecular flexibility index (Phi) is 5.24. The molecule has 1 amide bonds. The van der Waals surface area contributed by atoms with Crippen LogP contribution in [0.1, 0.15) is 28.7 Å². The van der Waals surface area contributed by atoms with Gasteiger partial charge in [0.25, 0.3) is 0 Å². The second kappa shape index (κ2) is 7.84. The van der Waals surface area contributed by atoms with E-state index >= 15 is 0 Å². The van der Waals surface area contributed by atoms with Crippen molar-refractivity contribution in [3.63, 3.8) is 0 Å². The number of pyridine rings is 1. The minimum Gasteiger partial charge on any atom is -0.379 e. The summed E-state index contributed by atoms with van der Waals surface area (Å²) in [5.41, 5.74) is 2.33. The van der Waals surface area contributed by atoms with Crippen LogP contribution in [0.4, 0.5) is 20.2 Å². The van der Waals surface area contributed by atoms with Crippen LogP contribution in [0, 0.1) is 23.0 Å². The first-order valence-corrected chi connectivity index (χ1v) is 9.80. The molecule has 0 fully saturated rings. The number of carbonyl (C=O) groups is 1. The molecule has 2 aliphatic rings. The summed E-state index contributed by atoms with van der Waals surface area (Å²) in [6, 6.07) is 3.81. The Morgan fingerprint density at radius 1 is 1.31 bits per heavy atom. The molecule has 1 aromatic carbocycles. The van der Waals surface area contributed by atoms with Gasteiger partial charge in [-0.05, 0) is 36.5 Å². The van der Waals surface area contributed by atoms with Gasteiger partial charge in [0, 0.05) is 11.8 Å². The molecule has 1 unspecified atom stereocenters. The van der Waals surface area contributed by atoms with Crippen molar-refractivity contribution in [3.8, 4) is 6.07 Å². The second-order valence-corrected chi connectivity index (χ2v) is 7.29. The molecule has 0 spiro atoms. The highest BCUT2D eigenvalue weighted by Crippen LogP contribution is 2.34. The second-order valence-electron chi connectivity index (χ2n) is 7.02. The summed E-state index contributed by atoms with van der Waals surface area (Å²) in [5.74, 6) is -2.77. The van der Waals surface area contributed by atoms with E-state index in [0.717, 1.165) is 5.69 Å². The van der Waals surface area contributed by atoms with Crippen LogP contribution in [0.25, 0.3) is 0 Å². The van der Waals surface area contributed by atoms with Crippen molar-refractivity contribution in [2.24, 2.45) is 0 Å². The first-order chi connectivity index (χ1) is 14.0. The van der Waals surface area contributed by atoms with Gasteiger partial charge in [0.15, 0.2) is 11.6 Å². The molecule has 2 heterocycles. The first kappa shape index (κ1) is 19.4. The van der Waals surface area contributed by atoms with Crippen LogP contribution >= 0.6 is 11.6 Å². The molecular weight excluding hydrogens is 400 g/mol. The molecule has 1 aliphatic heterocycles. The molecule has 6 nitrogen and oxygen atoms in total. The number of nitrogens with one attached hydrogen (secondary N) is 2. The summed E-state index contributed by atoms with van der Waals surface area (Å²) in [5, 5.41) is 16.0. The van der Waals surface area contributed by atoms with Crippen LogP contribution < -0.4 is 10.6 Å². The fourth-order valence-electron chi connectivity index (χ4n) is 4.01. The number of halogens is 3. The van der Waals surface area contributed by atoms with Crippen molar-refractivity contribution in [1.29, 1.82) is 5.26 Å². The van der Waals surface area contributed by atoms with Gasteiger partial charge in [0.2, 0.25) is 5.91 Å². The molecule has 0 saturated heterocycles. The Hall–Kier alpha value is -2.92. The highest BCUT2D eigenvalue weighted by Gasteiger charge is 2.32. The summed E-state index contributed by atoms with van der Waals surface area (Å²) >= 11 is 5.79. The van der Waals surface area contributed by atoms with E-state index in [9.17, 15) is 18.8 Å². The summed E-state index contributed by atoms with van der Waals surface area (Å²) in [7, 11) is 0. The Morgan fingerprint density at radius 3 is 2.86 bits per heavy atom. The average molecular weight is 418 g/mol. The van der Waals surface area contributed by atoms with Gasteiger partial charge in [-0.1, -0.05) is 0 Å². The zero-order valence-corrected chi connectivity index (χ0v) is 16.2. The van der Waals surface area contributed by atoms with E-state index in [-0.39, 0.29) is 29.1 Å². The van der Waals surface area contributed by atoms with Crippen LogP contribution in [-0.2, 0) is 24.2 Å². The Bertz CT molecular complexity index is 1020. The monoisotopic (exact) mass is 417 g/mol. The molecule has 150 valence electrons. The minimum absolute atomic E-state index is 0.108. The number of hydrogen-bond donors (Lipinski definition) is 2. The zero-order chi connectivity index (χ0) is 20.5. The molecule has 1 aliphatic carbocycles. The highest BCUT2D eigenvalue weighted by molar-refractivity contribution is 6.27. The van der Waals surface area contributed by atoms with Crippen LogP contribution in [0.5, 0.6) is 0 Å². The number of nitrogens with zero attached hydrogens (tertiary/aromatic N) is 3. The fraction of sp³-hybridized carbons (Fsp3) is 0.350. The van der Waals surface area contributed by atoms with E-state index in [4.69, 9.17) is 11.6 Å². The molecular formula is C20H18ClF2N5O. The maximum atomic E-state index is 14.9. The van der Waals surface area contributed by atoms with E-state index in [1.807, 2.05) is 6.07 Å². The molecule has 1 aromatic heterocycles. The van der Waals surface area contributed by atoms with Gasteiger partial charge in [-0.15, -0.1) is 11.6 Å². The van der Waals surface area contributed by atoms with Crippen molar-refractivity contribution < 1.29 is 13.6 Å². The number of aromatic nitrogens is 1. The van der Waals surface area contributed by atoms with Gasteiger partial charge in [0.05, 0.1) is 42.3 Å². The number of fused-ring (bicyclic) bond motifs is 2. The van der Waals surface area contributed by atoms with Gasteiger partial charge in [-0.3, -0.25) is 9.78 Å². The molecule has 9 heteroatoms. The van der Waals surface area contributed by atoms with Gasteiger partial charge in [0.1, 0.15) is 12.0 Å². The number of rotatable bonds is 4. The highest BCUT2D eigenvalue weighted by atomic mass is 35.5. The summed E-state index contributed by atoms with van der Waals surface area (Å²) in [4.78, 5) is 17.9. The number of amides is 1. The van der Waals surface area contributed by atoms with E-state index in [2.05, 4.69) is 15.6 Å². The number of nitriles is 1. The number of benzene rings is 1. The number of hydrogen-bond acceptors (Lipinski definition) is 5. The van der Waals surface area contributed by atoms with Gasteiger partial charge in [-0.2, -0.15) is 5.26 Å². The number of alkyl halides is 1. The number of carbonyl (C=O) groups excluding carboxylic acids is 1. The summed E-state index contributed by atoms with van der Waals surface area (Å²) in [6.45, 7) is 0.0655. The van der Waals surface area contributed by atoms with Crippen molar-refractivity contribution in [1.82, 2.24) is 9.88 Å². The maximum absolute atomic E-state index is 14.9. The molecule has 4 rings (SSSR count). The van der Waals surface area contributed by atoms with E-state index in [0.29, 0.717) is 37.1 Å². The lowest BCUT2D eigenvalue weighted by molar-refractivity contribution is -0.130. The fourth-order valence-corrected chi connectivity index (χ4v) is 4.16. The lowest BCUT2D eigenvalue weighted by atomic mass is 9.96. The minimum atomic E-state index is -1.07. The predicted molar refractivity (Wildman–Crippen MR) is 105 cm³/mol. The molecule has 2 aromatic rings.